The number of benzene rings is 11. The van der Waals surface area contributed by atoms with Gasteiger partial charge in [0, 0.05) is 50.2 Å². The topological polar surface area (TPSA) is 32.8 Å². The maximum atomic E-state index is 7.66. The Bertz CT molecular complexity index is 4920. The Hall–Kier alpha value is -10.2. The number of para-hydroxylation sites is 1. The van der Waals surface area contributed by atoms with E-state index in [-0.39, 0.29) is 0 Å². The fraction of sp³-hybridized carbons (Fsp3) is 0.143. The largest absolute Gasteiger partial charge is 0.455 e. The number of rotatable bonds is 12. The van der Waals surface area contributed by atoms with Gasteiger partial charge in [0.15, 0.2) is 5.58 Å². The summed E-state index contributed by atoms with van der Waals surface area (Å²) < 4.78 is 15.2. The molecule has 2 heterocycles. The standard InChI is InChI=1S/C84H70N2O2/c1-11-19-66-76(12-2)87-82-75(86(61-44-38-57(39-45-61)51(5)6)63-41-31-55(10)69(47-63)59-34-28-53(8)29-35-59)49-72-80(79(66)82)81-73(84(72)70-23-16-13-20-64(70)65-21-14-17-24-71(65)84)48-74(78-67-22-15-18-25-77(67)88-83(78)81)85(60-42-36-56(37-43-60)50(3)4)62-40-30-54(9)68(46-62)58-32-26-52(7)27-33-58/h11-51H,2H2,1,3-10H3/b19-11-. The molecule has 2 aliphatic rings. The van der Waals surface area contributed by atoms with Crippen molar-refractivity contribution in [3.05, 3.63) is 298 Å². The first-order valence-electron chi connectivity index (χ1n) is 31.1. The Morgan fingerprint density at radius 2 is 0.909 bits per heavy atom. The third kappa shape index (κ3) is 8.33. The van der Waals surface area contributed by atoms with Crippen LogP contribution in [0.4, 0.5) is 34.1 Å². The highest BCUT2D eigenvalue weighted by Crippen LogP contribution is 2.68. The van der Waals surface area contributed by atoms with E-state index in [0.29, 0.717) is 17.6 Å². The molecule has 428 valence electrons. The number of aryl methyl sites for hydroxylation is 4. The molecule has 0 fully saturated rings. The predicted molar refractivity (Wildman–Crippen MR) is 372 cm³/mol. The van der Waals surface area contributed by atoms with Crippen LogP contribution in [0.25, 0.3) is 89.6 Å². The van der Waals surface area contributed by atoms with Gasteiger partial charge in [-0.15, -0.1) is 0 Å². The molecule has 88 heavy (non-hydrogen) atoms. The van der Waals surface area contributed by atoms with Crippen LogP contribution in [0, 0.1) is 27.7 Å². The van der Waals surface area contributed by atoms with Crippen LogP contribution in [-0.2, 0) is 5.41 Å². The first-order chi connectivity index (χ1) is 42.9. The van der Waals surface area contributed by atoms with E-state index in [4.69, 9.17) is 8.83 Å². The summed E-state index contributed by atoms with van der Waals surface area (Å²) in [7, 11) is 0. The van der Waals surface area contributed by atoms with Gasteiger partial charge in [0.2, 0.25) is 0 Å². The second kappa shape index (κ2) is 21.1. The normalized spacial score (nSPS) is 12.9. The number of furan rings is 2. The van der Waals surface area contributed by atoms with Crippen molar-refractivity contribution in [2.45, 2.75) is 79.6 Å². The molecule has 4 heteroatoms. The molecule has 0 saturated carbocycles. The Balaban J connectivity index is 1.12. The van der Waals surface area contributed by atoms with E-state index >= 15 is 0 Å². The second-order valence-electron chi connectivity index (χ2n) is 25.0. The Morgan fingerprint density at radius 3 is 1.43 bits per heavy atom. The highest BCUT2D eigenvalue weighted by Gasteiger charge is 2.55. The van der Waals surface area contributed by atoms with Crippen molar-refractivity contribution >= 4 is 79.2 Å². The average Bonchev–Trinajstić information content (AvgIpc) is 1.49. The van der Waals surface area contributed by atoms with E-state index in [9.17, 15) is 0 Å². The van der Waals surface area contributed by atoms with Gasteiger partial charge in [-0.3, -0.25) is 0 Å². The fourth-order valence-corrected chi connectivity index (χ4v) is 14.5. The minimum Gasteiger partial charge on any atom is -0.455 e. The molecule has 15 rings (SSSR count). The molecule has 0 radical (unpaired) electrons. The van der Waals surface area contributed by atoms with Crippen LogP contribution < -0.4 is 9.80 Å². The van der Waals surface area contributed by atoms with E-state index in [0.717, 1.165) is 94.8 Å². The van der Waals surface area contributed by atoms with E-state index < -0.39 is 5.41 Å². The van der Waals surface area contributed by atoms with Crippen molar-refractivity contribution in [3.63, 3.8) is 0 Å². The van der Waals surface area contributed by atoms with Gasteiger partial charge < -0.3 is 18.6 Å². The van der Waals surface area contributed by atoms with E-state index in [1.807, 2.05) is 6.08 Å². The van der Waals surface area contributed by atoms with Gasteiger partial charge in [-0.25, -0.2) is 0 Å². The van der Waals surface area contributed by atoms with Crippen LogP contribution in [0.15, 0.2) is 240 Å². The molecule has 1 spiro atoms. The number of hydrogen-bond acceptors (Lipinski definition) is 4. The molecule has 13 aromatic rings. The van der Waals surface area contributed by atoms with Crippen molar-refractivity contribution in [2.24, 2.45) is 0 Å². The van der Waals surface area contributed by atoms with Crippen LogP contribution in [-0.4, -0.2) is 0 Å². The molecular formula is C84H70N2O2. The Morgan fingerprint density at radius 1 is 0.432 bits per heavy atom. The predicted octanol–water partition coefficient (Wildman–Crippen LogP) is 24.1. The zero-order valence-electron chi connectivity index (χ0n) is 51.6. The lowest BCUT2D eigenvalue weighted by Crippen LogP contribution is -2.26. The van der Waals surface area contributed by atoms with Gasteiger partial charge in [-0.05, 0) is 197 Å². The molecule has 0 bridgehead atoms. The summed E-state index contributed by atoms with van der Waals surface area (Å²) in [6.07, 6.45) is 6.23. The van der Waals surface area contributed by atoms with Crippen LogP contribution in [0.5, 0.6) is 0 Å². The molecular weight excluding hydrogens is 1070 g/mol. The zero-order chi connectivity index (χ0) is 60.3. The van der Waals surface area contributed by atoms with Crippen molar-refractivity contribution < 1.29 is 8.83 Å². The van der Waals surface area contributed by atoms with Crippen molar-refractivity contribution in [3.8, 4) is 44.5 Å². The summed E-state index contributed by atoms with van der Waals surface area (Å²) in [4.78, 5) is 4.94. The van der Waals surface area contributed by atoms with Crippen molar-refractivity contribution in [1.82, 2.24) is 0 Å². The van der Waals surface area contributed by atoms with Crippen molar-refractivity contribution in [1.29, 1.82) is 0 Å². The summed E-state index contributed by atoms with van der Waals surface area (Å²) in [6.45, 7) is 24.4. The number of hydrogen-bond donors (Lipinski definition) is 0. The number of fused-ring (bicyclic) bond motifs is 16. The summed E-state index contributed by atoms with van der Waals surface area (Å²) >= 11 is 0. The first kappa shape index (κ1) is 54.5. The Labute approximate surface area is 517 Å². The SMILES string of the molecule is C=Cc1oc2c(N(c3ccc(C(C)C)cc3)c3ccc(C)c(-c4ccc(C)cc4)c3)cc3c(c2c1/C=C\C)-c1c(cc(N(c2ccc(C(C)C)cc2)c2ccc(C)c(-c4ccc(C)cc4)c2)c2c1oc1ccccc12)C31c2ccccc2-c2ccccc21. The van der Waals surface area contributed by atoms with Gasteiger partial charge >= 0.3 is 0 Å². The van der Waals surface area contributed by atoms with Crippen LogP contribution in [0.3, 0.4) is 0 Å². The van der Waals surface area contributed by atoms with Crippen LogP contribution >= 0.6 is 0 Å². The third-order valence-corrected chi connectivity index (χ3v) is 19.0. The molecule has 2 aromatic heterocycles. The zero-order valence-corrected chi connectivity index (χ0v) is 51.6. The minimum absolute atomic E-state index is 0.350. The van der Waals surface area contributed by atoms with Gasteiger partial charge in [0.1, 0.15) is 16.9 Å². The monoisotopic (exact) mass is 1140 g/mol. The maximum absolute atomic E-state index is 7.66. The lowest BCUT2D eigenvalue weighted by Gasteiger charge is -2.34. The summed E-state index contributed by atoms with van der Waals surface area (Å²) in [5, 5.41) is 3.08. The van der Waals surface area contributed by atoms with Crippen LogP contribution in [0.1, 0.15) is 113 Å². The molecule has 0 aliphatic heterocycles. The average molecular weight is 1140 g/mol. The molecule has 0 N–H and O–H groups in total. The van der Waals surface area contributed by atoms with E-state index in [2.05, 4.69) is 309 Å². The summed E-state index contributed by atoms with van der Waals surface area (Å²) in [5.41, 5.74) is 30.0. The minimum atomic E-state index is -0.872. The molecule has 0 unspecified atom stereocenters. The fourth-order valence-electron chi connectivity index (χ4n) is 14.5. The van der Waals surface area contributed by atoms with Crippen LogP contribution in [0.2, 0.25) is 0 Å². The quantitative estimate of drug-likeness (QED) is 0.122. The smallest absolute Gasteiger partial charge is 0.160 e. The maximum Gasteiger partial charge on any atom is 0.160 e. The lowest BCUT2D eigenvalue weighted by atomic mass is 9.70. The van der Waals surface area contributed by atoms with Gasteiger partial charge in [-0.2, -0.15) is 0 Å². The molecule has 0 saturated heterocycles. The summed E-state index contributed by atoms with van der Waals surface area (Å²) in [6, 6.07) is 82.0. The molecule has 2 aliphatic carbocycles. The first-order valence-corrected chi connectivity index (χ1v) is 31.1. The molecule has 0 amide bonds. The van der Waals surface area contributed by atoms with Gasteiger partial charge in [0.25, 0.3) is 0 Å². The van der Waals surface area contributed by atoms with E-state index in [1.54, 1.807) is 0 Å². The highest BCUT2D eigenvalue weighted by molar-refractivity contribution is 6.24. The number of anilines is 6. The molecule has 11 aromatic carbocycles. The number of allylic oxidation sites excluding steroid dienone is 1. The highest BCUT2D eigenvalue weighted by atomic mass is 16.3. The second-order valence-corrected chi connectivity index (χ2v) is 25.0. The summed E-state index contributed by atoms with van der Waals surface area (Å²) in [5.74, 6) is 1.41. The Kier molecular flexibility index (Phi) is 13.0. The number of nitrogens with zero attached hydrogens (tertiary/aromatic N) is 2. The van der Waals surface area contributed by atoms with Crippen molar-refractivity contribution in [2.75, 3.05) is 9.80 Å². The van der Waals surface area contributed by atoms with Gasteiger partial charge in [-0.1, -0.05) is 209 Å². The van der Waals surface area contributed by atoms with Gasteiger partial charge in [0.05, 0.1) is 22.2 Å². The van der Waals surface area contributed by atoms with E-state index in [1.165, 1.54) is 77.9 Å². The molecule has 4 nitrogen and oxygen atoms in total. The molecule has 0 atom stereocenters. The lowest BCUT2D eigenvalue weighted by molar-refractivity contribution is 0.603. The third-order valence-electron chi connectivity index (χ3n) is 19.0.